The van der Waals surface area contributed by atoms with Gasteiger partial charge in [0.2, 0.25) is 0 Å². The van der Waals surface area contributed by atoms with Crippen LogP contribution in [0.1, 0.15) is 71.6 Å². The minimum Gasteiger partial charge on any atom is -0.371 e. The molecule has 0 bridgehead atoms. The summed E-state index contributed by atoms with van der Waals surface area (Å²) < 4.78 is 49.9. The van der Waals surface area contributed by atoms with Crippen molar-refractivity contribution >= 4 is 0 Å². The van der Waals surface area contributed by atoms with Crippen LogP contribution in [0.4, 0.5) is 13.2 Å². The smallest absolute Gasteiger partial charge is 0.158 e. The average Bonchev–Trinajstić information content (AvgIpc) is 2.87. The molecule has 4 rings (SSSR count). The van der Waals surface area contributed by atoms with E-state index in [2.05, 4.69) is 31.2 Å². The van der Waals surface area contributed by atoms with Gasteiger partial charge in [-0.2, -0.15) is 0 Å². The molecule has 1 nitrogen and oxygen atoms in total. The van der Waals surface area contributed by atoms with Gasteiger partial charge >= 0.3 is 0 Å². The molecule has 0 heterocycles. The number of allylic oxidation sites excluding steroid dienone is 13. The molecule has 190 valence electrons. The van der Waals surface area contributed by atoms with E-state index >= 15 is 8.78 Å². The lowest BCUT2D eigenvalue weighted by atomic mass is 9.76. The van der Waals surface area contributed by atoms with Gasteiger partial charge in [-0.1, -0.05) is 67.0 Å². The highest BCUT2D eigenvalue weighted by atomic mass is 19.2. The van der Waals surface area contributed by atoms with Crippen LogP contribution in [0.2, 0.25) is 0 Å². The third kappa shape index (κ3) is 6.39. The Labute approximate surface area is 208 Å². The van der Waals surface area contributed by atoms with Crippen LogP contribution in [0.5, 0.6) is 0 Å². The first-order chi connectivity index (χ1) is 17.0. The molecule has 0 spiro atoms. The van der Waals surface area contributed by atoms with Crippen LogP contribution in [0, 0.1) is 23.7 Å². The van der Waals surface area contributed by atoms with Crippen LogP contribution in [0.25, 0.3) is 0 Å². The van der Waals surface area contributed by atoms with E-state index in [1.165, 1.54) is 11.1 Å². The third-order valence-corrected chi connectivity index (χ3v) is 7.90. The van der Waals surface area contributed by atoms with Gasteiger partial charge in [0.05, 0.1) is 0 Å². The van der Waals surface area contributed by atoms with Crippen molar-refractivity contribution in [2.45, 2.75) is 77.7 Å². The lowest BCUT2D eigenvalue weighted by molar-refractivity contribution is 0.0559. The Morgan fingerprint density at radius 1 is 0.886 bits per heavy atom. The number of hydrogen-bond donors (Lipinski definition) is 0. The van der Waals surface area contributed by atoms with Gasteiger partial charge in [-0.25, -0.2) is 13.2 Å². The molecule has 0 amide bonds. The Morgan fingerprint density at radius 3 is 2.31 bits per heavy atom. The lowest BCUT2D eigenvalue weighted by Crippen LogP contribution is -2.21. The van der Waals surface area contributed by atoms with Crippen molar-refractivity contribution < 1.29 is 17.9 Å². The first-order valence-electron chi connectivity index (χ1n) is 13.5. The molecule has 0 aromatic rings. The zero-order chi connectivity index (χ0) is 24.8. The van der Waals surface area contributed by atoms with Gasteiger partial charge in [0.25, 0.3) is 0 Å². The van der Waals surface area contributed by atoms with E-state index in [-0.39, 0.29) is 29.7 Å². The average molecular weight is 485 g/mol. The predicted molar refractivity (Wildman–Crippen MR) is 138 cm³/mol. The summed E-state index contributed by atoms with van der Waals surface area (Å²) in [5.74, 6) is -1.67. The Hall–Kier alpha value is -2.07. The predicted octanol–water partition coefficient (Wildman–Crippen LogP) is 9.34. The highest BCUT2D eigenvalue weighted by Crippen LogP contribution is 2.43. The first-order valence-corrected chi connectivity index (χ1v) is 13.5. The van der Waals surface area contributed by atoms with E-state index in [1.54, 1.807) is 6.08 Å². The van der Waals surface area contributed by atoms with Crippen molar-refractivity contribution in [1.82, 2.24) is 0 Å². The summed E-state index contributed by atoms with van der Waals surface area (Å²) in [4.78, 5) is 0. The highest BCUT2D eigenvalue weighted by molar-refractivity contribution is 5.41. The second-order valence-corrected chi connectivity index (χ2v) is 10.3. The van der Waals surface area contributed by atoms with Crippen molar-refractivity contribution in [3.05, 3.63) is 82.8 Å². The number of halogens is 3. The monoisotopic (exact) mass is 484 g/mol. The van der Waals surface area contributed by atoms with Crippen LogP contribution >= 0.6 is 0 Å². The lowest BCUT2D eigenvalue weighted by Gasteiger charge is -2.30. The van der Waals surface area contributed by atoms with E-state index in [4.69, 9.17) is 4.74 Å². The molecule has 0 radical (unpaired) electrons. The van der Waals surface area contributed by atoms with Crippen molar-refractivity contribution in [2.75, 3.05) is 6.61 Å². The molecule has 0 aliphatic heterocycles. The van der Waals surface area contributed by atoms with Gasteiger partial charge < -0.3 is 4.74 Å². The van der Waals surface area contributed by atoms with Crippen LogP contribution < -0.4 is 0 Å². The van der Waals surface area contributed by atoms with E-state index in [9.17, 15) is 4.39 Å². The zero-order valence-electron chi connectivity index (χ0n) is 21.1. The molecule has 4 heteroatoms. The van der Waals surface area contributed by atoms with E-state index in [0.29, 0.717) is 25.0 Å². The molecule has 0 aromatic heterocycles. The van der Waals surface area contributed by atoms with Crippen molar-refractivity contribution in [1.29, 1.82) is 0 Å². The third-order valence-electron chi connectivity index (χ3n) is 7.90. The molecule has 4 aliphatic rings. The van der Waals surface area contributed by atoms with Gasteiger partial charge in [-0.05, 0) is 81.8 Å². The summed E-state index contributed by atoms with van der Waals surface area (Å²) in [6.45, 7) is 4.57. The van der Waals surface area contributed by atoms with Gasteiger partial charge in [0, 0.05) is 18.4 Å². The zero-order valence-corrected chi connectivity index (χ0v) is 21.1. The van der Waals surface area contributed by atoms with E-state index < -0.39 is 17.6 Å². The maximum Gasteiger partial charge on any atom is 0.158 e. The fraction of sp³-hybridized carbons (Fsp3) is 0.548. The second kappa shape index (κ2) is 12.3. The number of hydrogen-bond acceptors (Lipinski definition) is 1. The molecule has 4 aliphatic carbocycles. The molecule has 35 heavy (non-hydrogen) atoms. The molecule has 5 unspecified atom stereocenters. The largest absolute Gasteiger partial charge is 0.371 e. The standard InChI is InChI=1S/C31H39F3O/c1-3-5-21-8-13-24(14-9-21)26-17-18-27(31(34)30(26)33)25-15-10-22(11-16-25)6-7-23-12-19-29(35-4-2)28(32)20-23/h8-11,13,15,17,20,23-25,27,29H,3-7,12,14,16,18-19H2,1-2H3. The van der Waals surface area contributed by atoms with Crippen LogP contribution in [0.15, 0.2) is 82.8 Å². The quantitative estimate of drug-likeness (QED) is 0.317. The van der Waals surface area contributed by atoms with E-state index in [0.717, 1.165) is 44.9 Å². The van der Waals surface area contributed by atoms with Gasteiger partial charge in [-0.3, -0.25) is 0 Å². The molecule has 5 atom stereocenters. The van der Waals surface area contributed by atoms with Crippen LogP contribution in [-0.2, 0) is 4.74 Å². The van der Waals surface area contributed by atoms with Gasteiger partial charge in [-0.15, -0.1) is 0 Å². The van der Waals surface area contributed by atoms with Crippen LogP contribution in [-0.4, -0.2) is 12.7 Å². The summed E-state index contributed by atoms with van der Waals surface area (Å²) in [6.07, 6.45) is 23.4. The minimum atomic E-state index is -0.650. The van der Waals surface area contributed by atoms with Crippen molar-refractivity contribution in [3.8, 4) is 0 Å². The molecule has 0 N–H and O–H groups in total. The topological polar surface area (TPSA) is 9.23 Å². The normalized spacial score (nSPS) is 31.2. The molecule has 0 saturated heterocycles. The molecular weight excluding hydrogens is 445 g/mol. The minimum absolute atomic E-state index is 0.0285. The summed E-state index contributed by atoms with van der Waals surface area (Å²) in [5, 5.41) is 0. The summed E-state index contributed by atoms with van der Waals surface area (Å²) in [6, 6.07) is 0. The number of rotatable bonds is 9. The van der Waals surface area contributed by atoms with Gasteiger partial charge in [0.1, 0.15) is 17.8 Å². The SMILES string of the molecule is CCCC1=CCC(C2=CCC(C3C=CC(CCC4C=C(F)C(OCC)CC4)=CC3)C(F)=C2F)C=C1. The molecule has 0 fully saturated rings. The maximum absolute atomic E-state index is 15.2. The van der Waals surface area contributed by atoms with Crippen molar-refractivity contribution in [3.63, 3.8) is 0 Å². The Bertz CT molecular complexity index is 977. The fourth-order valence-electron chi connectivity index (χ4n) is 5.82. The first kappa shape index (κ1) is 26.0. The Kier molecular flexibility index (Phi) is 9.10. The van der Waals surface area contributed by atoms with E-state index in [1.807, 2.05) is 25.2 Å². The molecular formula is C31H39F3O. The maximum atomic E-state index is 15.2. The van der Waals surface area contributed by atoms with Gasteiger partial charge in [0.15, 0.2) is 5.83 Å². The van der Waals surface area contributed by atoms with Crippen LogP contribution in [0.3, 0.4) is 0 Å². The summed E-state index contributed by atoms with van der Waals surface area (Å²) in [5.41, 5.74) is 3.01. The summed E-state index contributed by atoms with van der Waals surface area (Å²) >= 11 is 0. The Morgan fingerprint density at radius 2 is 1.66 bits per heavy atom. The van der Waals surface area contributed by atoms with Crippen molar-refractivity contribution in [2.24, 2.45) is 23.7 Å². The molecule has 0 saturated carbocycles. The molecule has 0 aromatic carbocycles. The second-order valence-electron chi connectivity index (χ2n) is 10.3. The fourth-order valence-corrected chi connectivity index (χ4v) is 5.82. The highest BCUT2D eigenvalue weighted by Gasteiger charge is 2.33. The Balaban J connectivity index is 1.29. The summed E-state index contributed by atoms with van der Waals surface area (Å²) in [7, 11) is 0. The number of ether oxygens (including phenoxy) is 1.